The highest BCUT2D eigenvalue weighted by Gasteiger charge is 2.38. The van der Waals surface area contributed by atoms with Crippen molar-refractivity contribution < 1.29 is 4.79 Å². The largest absolute Gasteiger partial charge is 0.352 e. The predicted octanol–water partition coefficient (Wildman–Crippen LogP) is 0.855. The van der Waals surface area contributed by atoms with Crippen molar-refractivity contribution in [3.63, 3.8) is 0 Å². The molecule has 3 atom stereocenters. The van der Waals surface area contributed by atoms with Gasteiger partial charge in [0.1, 0.15) is 0 Å². The fourth-order valence-corrected chi connectivity index (χ4v) is 2.73. The van der Waals surface area contributed by atoms with Gasteiger partial charge >= 0.3 is 0 Å². The molecular formula is C13H25N3O. The Hall–Kier alpha value is -0.610. The van der Waals surface area contributed by atoms with Crippen LogP contribution in [0.4, 0.5) is 0 Å². The van der Waals surface area contributed by atoms with Gasteiger partial charge in [-0.05, 0) is 39.5 Å². The molecule has 4 heteroatoms. The number of likely N-dealkylation sites (tertiary alicyclic amines) is 1. The van der Waals surface area contributed by atoms with E-state index in [1.165, 1.54) is 12.8 Å². The number of carbonyl (C=O) groups is 1. The first-order chi connectivity index (χ1) is 8.06. The van der Waals surface area contributed by atoms with Gasteiger partial charge < -0.3 is 11.1 Å². The number of hydrogen-bond acceptors (Lipinski definition) is 3. The molecule has 2 aliphatic rings. The van der Waals surface area contributed by atoms with E-state index in [0.717, 1.165) is 25.4 Å². The topological polar surface area (TPSA) is 58.4 Å². The summed E-state index contributed by atoms with van der Waals surface area (Å²) in [5.41, 5.74) is 5.65. The second kappa shape index (κ2) is 5.36. The molecule has 1 saturated carbocycles. The summed E-state index contributed by atoms with van der Waals surface area (Å²) < 4.78 is 0. The molecule has 0 aromatic carbocycles. The molecule has 1 heterocycles. The second-order valence-corrected chi connectivity index (χ2v) is 5.79. The Morgan fingerprint density at radius 2 is 2.24 bits per heavy atom. The van der Waals surface area contributed by atoms with Crippen molar-refractivity contribution in [3.05, 3.63) is 0 Å². The molecule has 2 fully saturated rings. The van der Waals surface area contributed by atoms with Gasteiger partial charge in [-0.1, -0.05) is 0 Å². The van der Waals surface area contributed by atoms with E-state index < -0.39 is 0 Å². The van der Waals surface area contributed by atoms with Crippen molar-refractivity contribution in [2.75, 3.05) is 6.54 Å². The first-order valence-corrected chi connectivity index (χ1v) is 6.87. The number of nitrogens with two attached hydrogens (primary N) is 1. The van der Waals surface area contributed by atoms with Gasteiger partial charge in [-0.3, -0.25) is 9.69 Å². The third kappa shape index (κ3) is 3.68. The van der Waals surface area contributed by atoms with E-state index in [2.05, 4.69) is 17.1 Å². The minimum absolute atomic E-state index is 0.117. The highest BCUT2D eigenvalue weighted by Crippen LogP contribution is 2.33. The Morgan fingerprint density at radius 1 is 1.53 bits per heavy atom. The van der Waals surface area contributed by atoms with Gasteiger partial charge in [0.15, 0.2) is 0 Å². The van der Waals surface area contributed by atoms with Gasteiger partial charge in [0.05, 0.1) is 0 Å². The van der Waals surface area contributed by atoms with E-state index in [-0.39, 0.29) is 11.9 Å². The fourth-order valence-electron chi connectivity index (χ4n) is 2.73. The molecule has 2 rings (SSSR count). The van der Waals surface area contributed by atoms with Gasteiger partial charge in [-0.25, -0.2) is 0 Å². The van der Waals surface area contributed by atoms with Crippen molar-refractivity contribution in [2.24, 2.45) is 5.73 Å². The van der Waals surface area contributed by atoms with Gasteiger partial charge in [0.25, 0.3) is 0 Å². The molecule has 1 saturated heterocycles. The van der Waals surface area contributed by atoms with Crippen LogP contribution < -0.4 is 11.1 Å². The monoisotopic (exact) mass is 239 g/mol. The molecule has 1 aliphatic heterocycles. The van der Waals surface area contributed by atoms with E-state index in [1.807, 2.05) is 6.92 Å². The number of nitrogens with zero attached hydrogens (tertiary/aromatic N) is 1. The summed E-state index contributed by atoms with van der Waals surface area (Å²) >= 11 is 0. The smallest absolute Gasteiger partial charge is 0.220 e. The maximum absolute atomic E-state index is 11.7. The molecule has 17 heavy (non-hydrogen) atoms. The maximum atomic E-state index is 11.7. The molecule has 0 spiro atoms. The lowest BCUT2D eigenvalue weighted by Gasteiger charge is -2.19. The van der Waals surface area contributed by atoms with Crippen LogP contribution in [0.3, 0.4) is 0 Å². The van der Waals surface area contributed by atoms with E-state index in [4.69, 9.17) is 5.73 Å². The number of amides is 1. The zero-order valence-corrected chi connectivity index (χ0v) is 11.0. The third-order valence-corrected chi connectivity index (χ3v) is 3.83. The van der Waals surface area contributed by atoms with Gasteiger partial charge in [-0.2, -0.15) is 0 Å². The molecular weight excluding hydrogens is 214 g/mol. The second-order valence-electron chi connectivity index (χ2n) is 5.79. The molecule has 1 aliphatic carbocycles. The minimum Gasteiger partial charge on any atom is -0.352 e. The van der Waals surface area contributed by atoms with Crippen molar-refractivity contribution in [1.82, 2.24) is 10.2 Å². The van der Waals surface area contributed by atoms with E-state index >= 15 is 0 Å². The number of nitrogens with one attached hydrogen (secondary N) is 1. The molecule has 0 aromatic rings. The average Bonchev–Trinajstić information content (AvgIpc) is 3.01. The van der Waals surface area contributed by atoms with Gasteiger partial charge in [-0.15, -0.1) is 0 Å². The van der Waals surface area contributed by atoms with Gasteiger partial charge in [0, 0.05) is 37.1 Å². The summed E-state index contributed by atoms with van der Waals surface area (Å²) in [5.74, 6) is 0.164. The van der Waals surface area contributed by atoms with Crippen molar-refractivity contribution in [3.8, 4) is 0 Å². The van der Waals surface area contributed by atoms with Crippen LogP contribution in [0, 0.1) is 0 Å². The van der Waals surface area contributed by atoms with Gasteiger partial charge in [0.2, 0.25) is 5.91 Å². The zero-order chi connectivity index (χ0) is 12.4. The maximum Gasteiger partial charge on any atom is 0.220 e. The first-order valence-electron chi connectivity index (χ1n) is 6.87. The number of hydrogen-bond donors (Lipinski definition) is 2. The third-order valence-electron chi connectivity index (χ3n) is 3.83. The minimum atomic E-state index is 0.117. The number of rotatable bonds is 5. The van der Waals surface area contributed by atoms with Crippen LogP contribution in [0.1, 0.15) is 46.0 Å². The van der Waals surface area contributed by atoms with Crippen molar-refractivity contribution in [1.29, 1.82) is 0 Å². The van der Waals surface area contributed by atoms with Crippen LogP contribution in [0.2, 0.25) is 0 Å². The molecule has 3 N–H and O–H groups in total. The fraction of sp³-hybridized carbons (Fsp3) is 0.923. The van der Waals surface area contributed by atoms with Crippen LogP contribution in [-0.4, -0.2) is 41.5 Å². The van der Waals surface area contributed by atoms with Crippen LogP contribution >= 0.6 is 0 Å². The van der Waals surface area contributed by atoms with Crippen LogP contribution in [0.25, 0.3) is 0 Å². The Balaban J connectivity index is 1.71. The molecule has 98 valence electrons. The quantitative estimate of drug-likeness (QED) is 0.748. The summed E-state index contributed by atoms with van der Waals surface area (Å²) in [4.78, 5) is 14.3. The summed E-state index contributed by atoms with van der Waals surface area (Å²) in [6, 6.07) is 1.90. The van der Waals surface area contributed by atoms with Crippen LogP contribution in [0.5, 0.6) is 0 Å². The first kappa shape index (κ1) is 12.8. The van der Waals surface area contributed by atoms with Crippen molar-refractivity contribution >= 4 is 5.91 Å². The van der Waals surface area contributed by atoms with Crippen LogP contribution in [0.15, 0.2) is 0 Å². The lowest BCUT2D eigenvalue weighted by atomic mass is 10.1. The SMILES string of the molecule is CC(N)CCC(=O)NC1CC(C)N(C2CC2)C1. The summed E-state index contributed by atoms with van der Waals surface area (Å²) in [6.07, 6.45) is 5.12. The molecule has 1 amide bonds. The molecule has 0 aromatic heterocycles. The standard InChI is InChI=1S/C13H25N3O/c1-9(14)3-6-13(17)15-11-7-10(2)16(8-11)12-4-5-12/h9-12H,3-8,14H2,1-2H3,(H,15,17). The Bertz CT molecular complexity index is 276. The highest BCUT2D eigenvalue weighted by molar-refractivity contribution is 5.76. The highest BCUT2D eigenvalue weighted by atomic mass is 16.1. The Labute approximate surface area is 104 Å². The summed E-state index contributed by atoms with van der Waals surface area (Å²) in [7, 11) is 0. The lowest BCUT2D eigenvalue weighted by molar-refractivity contribution is -0.121. The number of carbonyl (C=O) groups excluding carboxylic acids is 1. The van der Waals surface area contributed by atoms with E-state index in [1.54, 1.807) is 0 Å². The predicted molar refractivity (Wildman–Crippen MR) is 68.6 cm³/mol. The zero-order valence-electron chi connectivity index (χ0n) is 11.0. The molecule has 4 nitrogen and oxygen atoms in total. The molecule has 0 radical (unpaired) electrons. The lowest BCUT2D eigenvalue weighted by Crippen LogP contribution is -2.38. The van der Waals surface area contributed by atoms with Crippen molar-refractivity contribution in [2.45, 2.75) is 70.1 Å². The summed E-state index contributed by atoms with van der Waals surface area (Å²) in [5, 5.41) is 3.14. The molecule has 0 bridgehead atoms. The summed E-state index contributed by atoms with van der Waals surface area (Å²) in [6.45, 7) is 5.25. The Morgan fingerprint density at radius 3 is 2.82 bits per heavy atom. The average molecular weight is 239 g/mol. The van der Waals surface area contributed by atoms with E-state index in [9.17, 15) is 4.79 Å². The normalized spacial score (nSPS) is 31.5. The van der Waals surface area contributed by atoms with E-state index in [0.29, 0.717) is 18.5 Å². The Kier molecular flexibility index (Phi) is 4.05. The molecule has 3 unspecified atom stereocenters. The van der Waals surface area contributed by atoms with Crippen LogP contribution in [-0.2, 0) is 4.79 Å².